The van der Waals surface area contributed by atoms with E-state index in [1.165, 1.54) is 0 Å². The Morgan fingerprint density at radius 1 is 0.837 bits per heavy atom. The smallest absolute Gasteiger partial charge is 0.185 e. The fourth-order valence-electron chi connectivity index (χ4n) is 7.25. The fourth-order valence-corrected chi connectivity index (χ4v) is 7.25. The molecule has 5 heteroatoms. The Balaban J connectivity index is 1.37. The lowest BCUT2D eigenvalue weighted by atomic mass is 9.76. The van der Waals surface area contributed by atoms with Gasteiger partial charge in [-0.15, -0.1) is 0 Å². The molecule has 0 aliphatic heterocycles. The summed E-state index contributed by atoms with van der Waals surface area (Å²) in [4.78, 5) is 19.0. The third kappa shape index (κ3) is 4.10. The highest BCUT2D eigenvalue weighted by Gasteiger charge is 2.42. The van der Waals surface area contributed by atoms with Crippen molar-refractivity contribution in [3.8, 4) is 0 Å². The van der Waals surface area contributed by atoms with Gasteiger partial charge in [0, 0.05) is 17.4 Å². The zero-order chi connectivity index (χ0) is 29.7. The third-order valence-electron chi connectivity index (χ3n) is 9.39. The summed E-state index contributed by atoms with van der Waals surface area (Å²) in [7, 11) is 0. The molecule has 0 bridgehead atoms. The molecule has 0 fully saturated rings. The van der Waals surface area contributed by atoms with Crippen LogP contribution in [-0.2, 0) is 12.0 Å². The zero-order valence-corrected chi connectivity index (χ0v) is 24.7. The van der Waals surface area contributed by atoms with E-state index in [9.17, 15) is 9.90 Å². The van der Waals surface area contributed by atoms with E-state index in [4.69, 9.17) is 4.98 Å². The molecule has 0 saturated carbocycles. The normalized spacial score (nSPS) is 15.9. The molecule has 0 spiro atoms. The lowest BCUT2D eigenvalue weighted by Gasteiger charge is -2.38. The Hall–Kier alpha value is -4.74. The van der Waals surface area contributed by atoms with Crippen LogP contribution in [0.15, 0.2) is 116 Å². The van der Waals surface area contributed by atoms with Crippen molar-refractivity contribution in [2.75, 3.05) is 0 Å². The number of hydrogen-bond acceptors (Lipinski definition) is 3. The highest BCUT2D eigenvalue weighted by Crippen LogP contribution is 2.44. The number of aliphatic hydroxyl groups excluding tert-OH is 1. The average Bonchev–Trinajstić information content (AvgIpc) is 3.56. The zero-order valence-electron chi connectivity index (χ0n) is 24.7. The molecule has 2 atom stereocenters. The Kier molecular flexibility index (Phi) is 6.63. The molecule has 2 unspecified atom stereocenters. The van der Waals surface area contributed by atoms with Crippen LogP contribution in [0, 0.1) is 26.7 Å². The van der Waals surface area contributed by atoms with Gasteiger partial charge in [-0.1, -0.05) is 91.0 Å². The van der Waals surface area contributed by atoms with Crippen LogP contribution < -0.4 is 0 Å². The standard InChI is InChI=1S/C38H35N3O2/c1-25-21-22-40-33(23-25)26(2)31-19-20-32(37(43)35(31)40)36(42)34-27(3)41(24-39-34)38(28-13-7-4-8-14-28,29-15-9-5-10-16-29)30-17-11-6-12-18-30/h4-18,21-24,32,36,42H,19-20H2,1-3H3. The van der Waals surface area contributed by atoms with Crippen molar-refractivity contribution >= 4 is 11.3 Å². The summed E-state index contributed by atoms with van der Waals surface area (Å²) in [6, 6.07) is 35.4. The first kappa shape index (κ1) is 27.1. The predicted octanol–water partition coefficient (Wildman–Crippen LogP) is 7.38. The van der Waals surface area contributed by atoms with Crippen LogP contribution in [0.4, 0.5) is 0 Å². The van der Waals surface area contributed by atoms with Crippen molar-refractivity contribution in [1.82, 2.24) is 14.0 Å². The van der Waals surface area contributed by atoms with Crippen molar-refractivity contribution in [2.45, 2.75) is 45.3 Å². The summed E-state index contributed by atoms with van der Waals surface area (Å²) in [5, 5.41) is 11.9. The number of Topliss-reactive ketones (excluding diaryl/α,β-unsaturated/α-hetero) is 1. The van der Waals surface area contributed by atoms with Crippen LogP contribution in [-0.4, -0.2) is 24.8 Å². The predicted molar refractivity (Wildman–Crippen MR) is 170 cm³/mol. The minimum absolute atomic E-state index is 0.0184. The van der Waals surface area contributed by atoms with E-state index >= 15 is 0 Å². The highest BCUT2D eigenvalue weighted by molar-refractivity contribution is 6.01. The molecule has 3 heterocycles. The number of nitrogens with zero attached hydrogens (tertiary/aromatic N) is 3. The molecular weight excluding hydrogens is 530 g/mol. The summed E-state index contributed by atoms with van der Waals surface area (Å²) < 4.78 is 4.18. The van der Waals surface area contributed by atoms with Gasteiger partial charge in [0.15, 0.2) is 5.78 Å². The van der Waals surface area contributed by atoms with Gasteiger partial charge < -0.3 is 14.1 Å². The minimum Gasteiger partial charge on any atom is -0.386 e. The number of carbonyl (C=O) groups is 1. The number of benzene rings is 3. The number of aromatic nitrogens is 3. The van der Waals surface area contributed by atoms with Gasteiger partial charge in [0.25, 0.3) is 0 Å². The number of fused-ring (bicyclic) bond motifs is 3. The van der Waals surface area contributed by atoms with Gasteiger partial charge in [0.2, 0.25) is 0 Å². The second-order valence-corrected chi connectivity index (χ2v) is 11.8. The summed E-state index contributed by atoms with van der Waals surface area (Å²) >= 11 is 0. The molecule has 214 valence electrons. The lowest BCUT2D eigenvalue weighted by molar-refractivity contribution is 0.0617. The molecular formula is C38H35N3O2. The number of hydrogen-bond donors (Lipinski definition) is 1. The van der Waals surface area contributed by atoms with Crippen molar-refractivity contribution < 1.29 is 9.90 Å². The van der Waals surface area contributed by atoms with Gasteiger partial charge >= 0.3 is 0 Å². The highest BCUT2D eigenvalue weighted by atomic mass is 16.3. The summed E-state index contributed by atoms with van der Waals surface area (Å²) in [5.41, 5.74) is 9.05. The number of rotatable bonds is 6. The number of pyridine rings is 1. The van der Waals surface area contributed by atoms with Crippen LogP contribution >= 0.6 is 0 Å². The van der Waals surface area contributed by atoms with E-state index in [1.807, 2.05) is 48.1 Å². The van der Waals surface area contributed by atoms with Crippen LogP contribution in [0.5, 0.6) is 0 Å². The molecule has 3 aromatic carbocycles. The van der Waals surface area contributed by atoms with Crippen molar-refractivity contribution in [3.63, 3.8) is 0 Å². The number of carbonyl (C=O) groups excluding carboxylic acids is 1. The van der Waals surface area contributed by atoms with E-state index in [1.54, 1.807) is 0 Å². The van der Waals surface area contributed by atoms with Crippen molar-refractivity contribution in [1.29, 1.82) is 0 Å². The lowest BCUT2D eigenvalue weighted by Crippen LogP contribution is -2.38. The second-order valence-electron chi connectivity index (χ2n) is 11.8. The van der Waals surface area contributed by atoms with E-state index in [-0.39, 0.29) is 5.78 Å². The molecule has 43 heavy (non-hydrogen) atoms. The van der Waals surface area contributed by atoms with E-state index in [0.717, 1.165) is 51.0 Å². The van der Waals surface area contributed by atoms with E-state index in [2.05, 4.69) is 97.3 Å². The number of ketones is 1. The summed E-state index contributed by atoms with van der Waals surface area (Å²) in [6.45, 7) is 6.17. The van der Waals surface area contributed by atoms with Crippen LogP contribution in [0.2, 0.25) is 0 Å². The molecule has 0 radical (unpaired) electrons. The summed E-state index contributed by atoms with van der Waals surface area (Å²) in [5.74, 6) is -0.594. The molecule has 3 aromatic heterocycles. The minimum atomic E-state index is -1.03. The first-order valence-corrected chi connectivity index (χ1v) is 15.0. The Labute approximate surface area is 252 Å². The topological polar surface area (TPSA) is 59.5 Å². The van der Waals surface area contributed by atoms with Gasteiger partial charge in [-0.25, -0.2) is 4.98 Å². The molecule has 6 aromatic rings. The van der Waals surface area contributed by atoms with E-state index < -0.39 is 17.6 Å². The quantitative estimate of drug-likeness (QED) is 0.214. The monoisotopic (exact) mass is 565 g/mol. The third-order valence-corrected chi connectivity index (χ3v) is 9.39. The van der Waals surface area contributed by atoms with Crippen LogP contribution in [0.25, 0.3) is 5.52 Å². The maximum atomic E-state index is 14.1. The van der Waals surface area contributed by atoms with Gasteiger partial charge in [0.1, 0.15) is 11.6 Å². The van der Waals surface area contributed by atoms with Crippen molar-refractivity contribution in [3.05, 3.63) is 166 Å². The molecule has 7 rings (SSSR count). The SMILES string of the molecule is Cc1ccn2c3c(c(C)c2c1)CCC(C(O)c1ncn(C(c2ccccc2)(c2ccccc2)c2ccccc2)c1C)C3=O. The molecule has 1 N–H and O–H groups in total. The Bertz CT molecular complexity index is 1840. The van der Waals surface area contributed by atoms with Crippen molar-refractivity contribution in [2.24, 2.45) is 5.92 Å². The number of aliphatic hydroxyl groups is 1. The first-order chi connectivity index (χ1) is 20.9. The van der Waals surface area contributed by atoms with Gasteiger partial charge in [-0.2, -0.15) is 0 Å². The van der Waals surface area contributed by atoms with Gasteiger partial charge in [0.05, 0.1) is 23.6 Å². The molecule has 1 aliphatic rings. The Morgan fingerprint density at radius 3 is 1.95 bits per heavy atom. The van der Waals surface area contributed by atoms with E-state index in [0.29, 0.717) is 17.8 Å². The molecule has 1 aliphatic carbocycles. The molecule has 0 amide bonds. The Morgan fingerprint density at radius 2 is 1.40 bits per heavy atom. The maximum Gasteiger partial charge on any atom is 0.185 e. The largest absolute Gasteiger partial charge is 0.386 e. The second kappa shape index (κ2) is 10.5. The number of aryl methyl sites for hydroxylation is 2. The van der Waals surface area contributed by atoms with Crippen LogP contribution in [0.1, 0.15) is 67.8 Å². The van der Waals surface area contributed by atoms with Gasteiger partial charge in [-0.3, -0.25) is 4.79 Å². The fraction of sp³-hybridized carbons (Fsp3) is 0.211. The maximum absolute atomic E-state index is 14.1. The van der Waals surface area contributed by atoms with Gasteiger partial charge in [-0.05, 0) is 79.1 Å². The first-order valence-electron chi connectivity index (χ1n) is 15.0. The average molecular weight is 566 g/mol. The number of imidazole rings is 1. The summed E-state index contributed by atoms with van der Waals surface area (Å²) in [6.07, 6.45) is 4.11. The van der Waals surface area contributed by atoms with Crippen LogP contribution in [0.3, 0.4) is 0 Å². The molecule has 5 nitrogen and oxygen atoms in total. The molecule has 0 saturated heterocycles.